The number of likely N-dealkylation sites (tertiary alicyclic amines) is 1. The predicted octanol–water partition coefficient (Wildman–Crippen LogP) is 4.02. The molecule has 2 aromatic rings. The summed E-state index contributed by atoms with van der Waals surface area (Å²) in [6.07, 6.45) is 3.80. The van der Waals surface area contributed by atoms with Crippen molar-refractivity contribution >= 4 is 28.8 Å². The van der Waals surface area contributed by atoms with E-state index in [9.17, 15) is 9.59 Å². The number of carbonyl (C=O) groups excluding carboxylic acids is 1. The van der Waals surface area contributed by atoms with Gasteiger partial charge in [0.2, 0.25) is 0 Å². The third-order valence-electron chi connectivity index (χ3n) is 6.05. The van der Waals surface area contributed by atoms with Gasteiger partial charge < -0.3 is 19.5 Å². The first-order valence-corrected chi connectivity index (χ1v) is 12.0. The summed E-state index contributed by atoms with van der Waals surface area (Å²) in [5.41, 5.74) is 6.56. The number of thiophene rings is 1. The molecule has 0 spiro atoms. The van der Waals surface area contributed by atoms with Crippen LogP contribution in [0.2, 0.25) is 0 Å². The van der Waals surface area contributed by atoms with Crippen molar-refractivity contribution in [1.82, 2.24) is 4.90 Å². The van der Waals surface area contributed by atoms with Crippen molar-refractivity contribution in [2.24, 2.45) is 0 Å². The van der Waals surface area contributed by atoms with Gasteiger partial charge in [0.25, 0.3) is 0 Å². The molecule has 0 amide bonds. The van der Waals surface area contributed by atoms with Gasteiger partial charge >= 0.3 is 11.9 Å². The number of carboxylic acids is 1. The molecule has 32 heavy (non-hydrogen) atoms. The molecular weight excluding hydrogens is 426 g/mol. The molecule has 2 aliphatic rings. The van der Waals surface area contributed by atoms with Gasteiger partial charge in [0, 0.05) is 24.5 Å². The second-order valence-electron chi connectivity index (χ2n) is 8.09. The zero-order valence-corrected chi connectivity index (χ0v) is 19.2. The SMILES string of the molecule is CCOC(=O)c1cc2c(s1)CCc1ccccc1C2=C1CCN(CCOCC(=O)O)CC1. The summed E-state index contributed by atoms with van der Waals surface area (Å²) in [5.74, 6) is -1.17. The molecule has 6 nitrogen and oxygen atoms in total. The number of fused-ring (bicyclic) bond motifs is 2. The van der Waals surface area contributed by atoms with Gasteiger partial charge in [-0.25, -0.2) is 9.59 Å². The maximum Gasteiger partial charge on any atom is 0.348 e. The molecule has 2 heterocycles. The number of piperidine rings is 1. The highest BCUT2D eigenvalue weighted by Crippen LogP contribution is 2.41. The molecule has 0 bridgehead atoms. The average molecular weight is 456 g/mol. The van der Waals surface area contributed by atoms with Crippen LogP contribution in [0, 0.1) is 0 Å². The second-order valence-corrected chi connectivity index (χ2v) is 9.23. The zero-order chi connectivity index (χ0) is 22.5. The molecule has 1 N–H and O–H groups in total. The van der Waals surface area contributed by atoms with Gasteiger partial charge in [-0.1, -0.05) is 29.8 Å². The molecule has 1 aromatic carbocycles. The summed E-state index contributed by atoms with van der Waals surface area (Å²) in [5, 5.41) is 8.71. The number of aryl methyl sites for hydroxylation is 2. The highest BCUT2D eigenvalue weighted by atomic mass is 32.1. The molecule has 0 unspecified atom stereocenters. The van der Waals surface area contributed by atoms with Crippen LogP contribution in [-0.4, -0.2) is 61.4 Å². The molecule has 1 aromatic heterocycles. The minimum Gasteiger partial charge on any atom is -0.480 e. The number of rotatable bonds is 7. The lowest BCUT2D eigenvalue weighted by Gasteiger charge is -2.30. The van der Waals surface area contributed by atoms with E-state index in [4.69, 9.17) is 14.6 Å². The number of carboxylic acid groups (broad SMARTS) is 1. The van der Waals surface area contributed by atoms with Gasteiger partial charge in [0.15, 0.2) is 0 Å². The predicted molar refractivity (Wildman–Crippen MR) is 124 cm³/mol. The quantitative estimate of drug-likeness (QED) is 0.502. The fourth-order valence-electron chi connectivity index (χ4n) is 4.53. The lowest BCUT2D eigenvalue weighted by molar-refractivity contribution is -0.142. The van der Waals surface area contributed by atoms with Gasteiger partial charge in [-0.05, 0) is 60.9 Å². The van der Waals surface area contributed by atoms with Gasteiger partial charge in [-0.3, -0.25) is 0 Å². The van der Waals surface area contributed by atoms with Crippen LogP contribution in [0.15, 0.2) is 35.9 Å². The Hall–Kier alpha value is -2.48. The average Bonchev–Trinajstić information content (AvgIpc) is 3.15. The molecule has 170 valence electrons. The van der Waals surface area contributed by atoms with Crippen molar-refractivity contribution in [2.45, 2.75) is 32.6 Å². The second kappa shape index (κ2) is 10.4. The Morgan fingerprint density at radius 2 is 1.88 bits per heavy atom. The number of nitrogens with zero attached hydrogens (tertiary/aromatic N) is 1. The third-order valence-corrected chi connectivity index (χ3v) is 7.23. The summed E-state index contributed by atoms with van der Waals surface area (Å²) >= 11 is 1.57. The molecule has 0 saturated carbocycles. The van der Waals surface area contributed by atoms with Crippen LogP contribution in [0.5, 0.6) is 0 Å². The highest BCUT2D eigenvalue weighted by molar-refractivity contribution is 7.14. The Morgan fingerprint density at radius 3 is 2.62 bits per heavy atom. The van der Waals surface area contributed by atoms with E-state index in [1.165, 1.54) is 32.7 Å². The molecule has 1 fully saturated rings. The first-order valence-electron chi connectivity index (χ1n) is 11.2. The Bertz CT molecular complexity index is 1020. The Morgan fingerprint density at radius 1 is 1.09 bits per heavy atom. The minimum absolute atomic E-state index is 0.237. The van der Waals surface area contributed by atoms with Crippen LogP contribution < -0.4 is 0 Å². The van der Waals surface area contributed by atoms with E-state index in [0.29, 0.717) is 18.1 Å². The van der Waals surface area contributed by atoms with Crippen molar-refractivity contribution in [1.29, 1.82) is 0 Å². The van der Waals surface area contributed by atoms with Crippen molar-refractivity contribution in [3.05, 3.63) is 62.3 Å². The van der Waals surface area contributed by atoms with E-state index < -0.39 is 5.97 Å². The number of benzene rings is 1. The summed E-state index contributed by atoms with van der Waals surface area (Å²) < 4.78 is 10.5. The molecule has 1 aliphatic carbocycles. The number of esters is 1. The van der Waals surface area contributed by atoms with Crippen LogP contribution in [0.4, 0.5) is 0 Å². The number of ether oxygens (including phenoxy) is 2. The van der Waals surface area contributed by atoms with E-state index in [1.54, 1.807) is 11.3 Å². The molecule has 1 aliphatic heterocycles. The summed E-state index contributed by atoms with van der Waals surface area (Å²) in [6, 6.07) is 10.7. The lowest BCUT2D eigenvalue weighted by atomic mass is 9.87. The number of carbonyl (C=O) groups is 2. The van der Waals surface area contributed by atoms with E-state index in [-0.39, 0.29) is 12.6 Å². The Balaban J connectivity index is 1.59. The van der Waals surface area contributed by atoms with E-state index in [0.717, 1.165) is 45.3 Å². The smallest absolute Gasteiger partial charge is 0.348 e. The topological polar surface area (TPSA) is 76.1 Å². The first-order chi connectivity index (χ1) is 15.6. The van der Waals surface area contributed by atoms with Gasteiger partial charge in [0.05, 0.1) is 13.2 Å². The van der Waals surface area contributed by atoms with Crippen molar-refractivity contribution < 1.29 is 24.2 Å². The lowest BCUT2D eigenvalue weighted by Crippen LogP contribution is -2.34. The van der Waals surface area contributed by atoms with Crippen molar-refractivity contribution in [3.8, 4) is 0 Å². The Kier molecular flexibility index (Phi) is 7.40. The fourth-order valence-corrected chi connectivity index (χ4v) is 5.59. The molecule has 0 radical (unpaired) electrons. The van der Waals surface area contributed by atoms with Crippen LogP contribution >= 0.6 is 11.3 Å². The summed E-state index contributed by atoms with van der Waals surface area (Å²) in [7, 11) is 0. The number of hydrogen-bond acceptors (Lipinski definition) is 6. The maximum absolute atomic E-state index is 12.4. The molecule has 7 heteroatoms. The molecule has 4 rings (SSSR count). The number of aliphatic carboxylic acids is 1. The zero-order valence-electron chi connectivity index (χ0n) is 18.4. The van der Waals surface area contributed by atoms with Crippen LogP contribution in [0.25, 0.3) is 5.57 Å². The summed E-state index contributed by atoms with van der Waals surface area (Å²) in [6.45, 7) is 4.97. The standard InChI is InChI=1S/C25H29NO5S/c1-2-31-25(29)22-15-20-21(32-22)8-7-17-5-3-4-6-19(17)24(20)18-9-11-26(12-10-18)13-14-30-16-23(27)28/h3-6,15H,2,7-14,16H2,1H3,(H,27,28). The van der Waals surface area contributed by atoms with Crippen LogP contribution in [0.1, 0.15) is 51.0 Å². The van der Waals surface area contributed by atoms with Crippen LogP contribution in [0.3, 0.4) is 0 Å². The van der Waals surface area contributed by atoms with Gasteiger partial charge in [0.1, 0.15) is 11.5 Å². The molecule has 0 atom stereocenters. The van der Waals surface area contributed by atoms with Gasteiger partial charge in [-0.15, -0.1) is 11.3 Å². The fraction of sp³-hybridized carbons (Fsp3) is 0.440. The number of hydrogen-bond donors (Lipinski definition) is 1. The van der Waals surface area contributed by atoms with Crippen LogP contribution in [-0.2, 0) is 27.1 Å². The van der Waals surface area contributed by atoms with E-state index >= 15 is 0 Å². The highest BCUT2D eigenvalue weighted by Gasteiger charge is 2.27. The first kappa shape index (κ1) is 22.7. The van der Waals surface area contributed by atoms with Gasteiger partial charge in [-0.2, -0.15) is 0 Å². The normalized spacial score (nSPS) is 16.3. The largest absolute Gasteiger partial charge is 0.480 e. The third kappa shape index (κ3) is 5.11. The van der Waals surface area contributed by atoms with Crippen molar-refractivity contribution in [3.63, 3.8) is 0 Å². The maximum atomic E-state index is 12.4. The van der Waals surface area contributed by atoms with Crippen molar-refractivity contribution in [2.75, 3.05) is 39.5 Å². The monoisotopic (exact) mass is 455 g/mol. The summed E-state index contributed by atoms with van der Waals surface area (Å²) in [4.78, 5) is 27.3. The van der Waals surface area contributed by atoms with E-state index in [1.807, 2.05) is 13.0 Å². The molecular formula is C25H29NO5S. The molecule has 1 saturated heterocycles. The Labute approximate surface area is 192 Å². The minimum atomic E-state index is -0.934. The van der Waals surface area contributed by atoms with E-state index in [2.05, 4.69) is 29.2 Å².